The van der Waals surface area contributed by atoms with Crippen molar-refractivity contribution >= 4 is 5.91 Å². The van der Waals surface area contributed by atoms with Crippen molar-refractivity contribution in [1.82, 2.24) is 5.32 Å². The van der Waals surface area contributed by atoms with Gasteiger partial charge >= 0.3 is 0 Å². The molecular formula is C19H25NO3. The Kier molecular flexibility index (Phi) is 4.95. The van der Waals surface area contributed by atoms with E-state index in [0.717, 1.165) is 22.5 Å². The number of benzene rings is 1. The zero-order chi connectivity index (χ0) is 17.2. The van der Waals surface area contributed by atoms with Crippen molar-refractivity contribution < 1.29 is 14.3 Å². The van der Waals surface area contributed by atoms with Crippen LogP contribution in [0.2, 0.25) is 0 Å². The summed E-state index contributed by atoms with van der Waals surface area (Å²) in [5.74, 6) is 1.33. The van der Waals surface area contributed by atoms with Crippen molar-refractivity contribution in [1.29, 1.82) is 0 Å². The lowest BCUT2D eigenvalue weighted by Crippen LogP contribution is -2.39. The number of rotatable bonds is 5. The molecule has 1 unspecified atom stereocenters. The van der Waals surface area contributed by atoms with Crippen LogP contribution in [0.4, 0.5) is 0 Å². The molecule has 0 saturated heterocycles. The third-order valence-electron chi connectivity index (χ3n) is 4.11. The van der Waals surface area contributed by atoms with Crippen molar-refractivity contribution in [3.05, 3.63) is 58.0 Å². The third kappa shape index (κ3) is 4.23. The summed E-state index contributed by atoms with van der Waals surface area (Å²) in [6, 6.07) is 7.89. The minimum Gasteiger partial charge on any atom is -0.466 e. The maximum atomic E-state index is 12.2. The van der Waals surface area contributed by atoms with Crippen LogP contribution in [-0.4, -0.2) is 17.6 Å². The first-order valence-electron chi connectivity index (χ1n) is 7.82. The normalized spacial score (nSPS) is 13.7. The van der Waals surface area contributed by atoms with E-state index < -0.39 is 5.60 Å². The number of aryl methyl sites for hydroxylation is 4. The average Bonchev–Trinajstić information content (AvgIpc) is 2.80. The molecule has 4 nitrogen and oxygen atoms in total. The first-order chi connectivity index (χ1) is 10.7. The highest BCUT2D eigenvalue weighted by atomic mass is 16.3. The van der Waals surface area contributed by atoms with Gasteiger partial charge in [-0.3, -0.25) is 4.79 Å². The van der Waals surface area contributed by atoms with Crippen molar-refractivity contribution in [2.75, 3.05) is 6.54 Å². The molecule has 0 aliphatic rings. The lowest BCUT2D eigenvalue weighted by molar-refractivity contribution is -0.121. The summed E-state index contributed by atoms with van der Waals surface area (Å²) in [4.78, 5) is 12.2. The largest absolute Gasteiger partial charge is 0.466 e. The van der Waals surface area contributed by atoms with Crippen molar-refractivity contribution in [2.45, 2.75) is 46.6 Å². The van der Waals surface area contributed by atoms with E-state index in [9.17, 15) is 9.90 Å². The number of carbonyl (C=O) groups excluding carboxylic acids is 1. The van der Waals surface area contributed by atoms with Gasteiger partial charge in [-0.1, -0.05) is 23.8 Å². The van der Waals surface area contributed by atoms with Crippen LogP contribution < -0.4 is 5.32 Å². The van der Waals surface area contributed by atoms with E-state index in [2.05, 4.69) is 5.32 Å². The van der Waals surface area contributed by atoms with E-state index in [1.165, 1.54) is 0 Å². The fourth-order valence-corrected chi connectivity index (χ4v) is 2.76. The quantitative estimate of drug-likeness (QED) is 0.891. The lowest BCUT2D eigenvalue weighted by atomic mass is 9.96. The minimum atomic E-state index is -1.15. The third-order valence-corrected chi connectivity index (χ3v) is 4.11. The Bertz CT molecular complexity index is 713. The first-order valence-corrected chi connectivity index (χ1v) is 7.82. The molecule has 0 fully saturated rings. The van der Waals surface area contributed by atoms with E-state index >= 15 is 0 Å². The van der Waals surface area contributed by atoms with Crippen LogP contribution in [0.3, 0.4) is 0 Å². The lowest BCUT2D eigenvalue weighted by Gasteiger charge is -2.23. The molecular weight excluding hydrogens is 290 g/mol. The van der Waals surface area contributed by atoms with Crippen LogP contribution in [0, 0.1) is 27.7 Å². The second-order valence-electron chi connectivity index (χ2n) is 6.48. The Morgan fingerprint density at radius 2 is 1.91 bits per heavy atom. The van der Waals surface area contributed by atoms with E-state index in [4.69, 9.17) is 4.42 Å². The van der Waals surface area contributed by atoms with Gasteiger partial charge in [0.1, 0.15) is 17.1 Å². The SMILES string of the molecule is Cc1ccc(C)c(CC(=O)NCC(C)(O)c2cc(C)oc2C)c1. The maximum Gasteiger partial charge on any atom is 0.224 e. The van der Waals surface area contributed by atoms with Gasteiger partial charge in [0.2, 0.25) is 5.91 Å². The molecule has 2 aromatic rings. The van der Waals surface area contributed by atoms with Crippen LogP contribution in [0.5, 0.6) is 0 Å². The number of aliphatic hydroxyl groups is 1. The smallest absolute Gasteiger partial charge is 0.224 e. The predicted octanol–water partition coefficient (Wildman–Crippen LogP) is 3.08. The number of nitrogens with one attached hydrogen (secondary N) is 1. The molecule has 1 aromatic carbocycles. The highest BCUT2D eigenvalue weighted by Crippen LogP contribution is 2.26. The summed E-state index contributed by atoms with van der Waals surface area (Å²) in [6.07, 6.45) is 0.312. The number of furan rings is 1. The second-order valence-corrected chi connectivity index (χ2v) is 6.48. The average molecular weight is 315 g/mol. The Labute approximate surface area is 137 Å². The van der Waals surface area contributed by atoms with Crippen molar-refractivity contribution in [2.24, 2.45) is 0 Å². The van der Waals surface area contributed by atoms with Gasteiger partial charge in [0, 0.05) is 5.56 Å². The van der Waals surface area contributed by atoms with Gasteiger partial charge in [0.25, 0.3) is 0 Å². The number of amides is 1. The highest BCUT2D eigenvalue weighted by molar-refractivity contribution is 5.79. The molecule has 124 valence electrons. The molecule has 0 spiro atoms. The number of hydrogen-bond donors (Lipinski definition) is 2. The van der Waals surface area contributed by atoms with Gasteiger partial charge in [0.15, 0.2) is 0 Å². The minimum absolute atomic E-state index is 0.100. The number of hydrogen-bond acceptors (Lipinski definition) is 3. The molecule has 0 aliphatic heterocycles. The maximum absolute atomic E-state index is 12.2. The molecule has 0 aliphatic carbocycles. The zero-order valence-corrected chi connectivity index (χ0v) is 14.5. The van der Waals surface area contributed by atoms with Gasteiger partial charge in [-0.2, -0.15) is 0 Å². The molecule has 2 rings (SSSR count). The topological polar surface area (TPSA) is 62.5 Å². The van der Waals surface area contributed by atoms with Crippen LogP contribution in [-0.2, 0) is 16.8 Å². The predicted molar refractivity (Wildman–Crippen MR) is 90.4 cm³/mol. The van der Waals surface area contributed by atoms with Crippen molar-refractivity contribution in [3.8, 4) is 0 Å². The molecule has 2 N–H and O–H groups in total. The summed E-state index contributed by atoms with van der Waals surface area (Å²) >= 11 is 0. The Morgan fingerprint density at radius 3 is 2.52 bits per heavy atom. The Balaban J connectivity index is 2.01. The zero-order valence-electron chi connectivity index (χ0n) is 14.5. The van der Waals surface area contributed by atoms with E-state index in [-0.39, 0.29) is 12.5 Å². The molecule has 1 aromatic heterocycles. The summed E-state index contributed by atoms with van der Waals surface area (Å²) < 4.78 is 5.46. The summed E-state index contributed by atoms with van der Waals surface area (Å²) in [7, 11) is 0. The molecule has 1 atom stereocenters. The Morgan fingerprint density at radius 1 is 1.22 bits per heavy atom. The first kappa shape index (κ1) is 17.3. The van der Waals surface area contributed by atoms with Gasteiger partial charge in [-0.25, -0.2) is 0 Å². The number of carbonyl (C=O) groups is 1. The monoisotopic (exact) mass is 315 g/mol. The molecule has 1 heterocycles. The molecule has 0 radical (unpaired) electrons. The second kappa shape index (κ2) is 6.59. The standard InChI is InChI=1S/C19H25NO3/c1-12-6-7-13(2)16(8-12)10-18(21)20-11-19(5,22)17-9-14(3)23-15(17)4/h6-9,22H,10-11H2,1-5H3,(H,20,21). The van der Waals surface area contributed by atoms with Gasteiger partial charge < -0.3 is 14.8 Å². The molecule has 4 heteroatoms. The van der Waals surface area contributed by atoms with Gasteiger partial charge in [-0.15, -0.1) is 0 Å². The van der Waals surface area contributed by atoms with Crippen LogP contribution >= 0.6 is 0 Å². The van der Waals surface area contributed by atoms with E-state index in [1.54, 1.807) is 6.92 Å². The fraction of sp³-hybridized carbons (Fsp3) is 0.421. The van der Waals surface area contributed by atoms with Crippen LogP contribution in [0.15, 0.2) is 28.7 Å². The summed E-state index contributed by atoms with van der Waals surface area (Å²) in [5.41, 5.74) is 2.80. The fourth-order valence-electron chi connectivity index (χ4n) is 2.76. The summed E-state index contributed by atoms with van der Waals surface area (Å²) in [5, 5.41) is 13.4. The summed E-state index contributed by atoms with van der Waals surface area (Å²) in [6.45, 7) is 9.49. The van der Waals surface area contributed by atoms with E-state index in [1.807, 2.05) is 52.0 Å². The Hall–Kier alpha value is -2.07. The van der Waals surface area contributed by atoms with Crippen LogP contribution in [0.1, 0.15) is 40.7 Å². The van der Waals surface area contributed by atoms with Crippen LogP contribution in [0.25, 0.3) is 0 Å². The molecule has 0 bridgehead atoms. The van der Waals surface area contributed by atoms with Crippen molar-refractivity contribution in [3.63, 3.8) is 0 Å². The molecule has 23 heavy (non-hydrogen) atoms. The van der Waals surface area contributed by atoms with Gasteiger partial charge in [-0.05, 0) is 51.8 Å². The molecule has 0 saturated carbocycles. The van der Waals surface area contributed by atoms with Gasteiger partial charge in [0.05, 0.1) is 13.0 Å². The van der Waals surface area contributed by atoms with E-state index in [0.29, 0.717) is 17.7 Å². The molecule has 1 amide bonds. The highest BCUT2D eigenvalue weighted by Gasteiger charge is 2.28.